The number of nitrogens with zero attached hydrogens (tertiary/aromatic N) is 6. The molecule has 2 aromatic heterocycles. The zero-order chi connectivity index (χ0) is 18.4. The predicted molar refractivity (Wildman–Crippen MR) is 107 cm³/mol. The van der Waals surface area contributed by atoms with E-state index >= 15 is 0 Å². The lowest BCUT2D eigenvalue weighted by Gasteiger charge is -2.36. The van der Waals surface area contributed by atoms with Crippen LogP contribution in [0.2, 0.25) is 0 Å². The maximum Gasteiger partial charge on any atom is 0.319 e. The Morgan fingerprint density at radius 2 is 2.11 bits per heavy atom. The van der Waals surface area contributed by atoms with Crippen molar-refractivity contribution in [1.82, 2.24) is 29.8 Å². The van der Waals surface area contributed by atoms with E-state index in [1.54, 1.807) is 6.26 Å². The minimum Gasteiger partial charge on any atom is -0.364 e. The number of hydrogen-bond acceptors (Lipinski definition) is 5. The van der Waals surface area contributed by atoms with Gasteiger partial charge in [-0.1, -0.05) is 5.16 Å². The van der Waals surface area contributed by atoms with Crippen LogP contribution in [0.3, 0.4) is 0 Å². The number of halogens is 3. The predicted octanol–water partition coefficient (Wildman–Crippen LogP) is 2.17. The highest BCUT2D eigenvalue weighted by atomic mass is 127. The zero-order valence-electron chi connectivity index (χ0n) is 15.1. The maximum atomic E-state index is 12.9. The molecule has 8 nitrogen and oxygen atoms in total. The molecule has 3 heterocycles. The molecule has 1 aliphatic heterocycles. The first-order valence-electron chi connectivity index (χ1n) is 8.62. The average molecular weight is 495 g/mol. The number of imidazole rings is 1. The van der Waals surface area contributed by atoms with Gasteiger partial charge in [-0.25, -0.2) is 9.98 Å². The summed E-state index contributed by atoms with van der Waals surface area (Å²) in [5.74, 6) is 0.970. The number of alkyl halides is 2. The molecule has 0 aromatic carbocycles. The molecular formula is C16H24F2IN7O. The van der Waals surface area contributed by atoms with Crippen molar-refractivity contribution in [2.75, 3.05) is 32.7 Å². The largest absolute Gasteiger partial charge is 0.364 e. The van der Waals surface area contributed by atoms with Gasteiger partial charge in [-0.15, -0.1) is 24.0 Å². The molecule has 0 spiro atoms. The fraction of sp³-hybridized carbons (Fsp3) is 0.562. The molecule has 1 fully saturated rings. The van der Waals surface area contributed by atoms with E-state index in [9.17, 15) is 8.78 Å². The maximum absolute atomic E-state index is 12.9. The SMILES string of the molecule is CCNC(=NCc1nccn1C(F)F)N1CCN(Cc2ccon2)CC1.I. The molecule has 11 heteroatoms. The van der Waals surface area contributed by atoms with Gasteiger partial charge in [0.25, 0.3) is 0 Å². The summed E-state index contributed by atoms with van der Waals surface area (Å²) in [5.41, 5.74) is 0.915. The van der Waals surface area contributed by atoms with E-state index in [1.807, 2.05) is 13.0 Å². The molecule has 0 atom stereocenters. The van der Waals surface area contributed by atoms with Crippen LogP contribution in [0.1, 0.15) is 25.0 Å². The van der Waals surface area contributed by atoms with Gasteiger partial charge in [-0.3, -0.25) is 9.47 Å². The van der Waals surface area contributed by atoms with Gasteiger partial charge in [0.1, 0.15) is 18.6 Å². The average Bonchev–Trinajstić information content (AvgIpc) is 3.31. The van der Waals surface area contributed by atoms with Crippen LogP contribution in [0.25, 0.3) is 0 Å². The van der Waals surface area contributed by atoms with Gasteiger partial charge in [0.15, 0.2) is 5.96 Å². The molecule has 0 aliphatic carbocycles. The van der Waals surface area contributed by atoms with Crippen molar-refractivity contribution >= 4 is 29.9 Å². The van der Waals surface area contributed by atoms with Gasteiger partial charge in [0.2, 0.25) is 0 Å². The lowest BCUT2D eigenvalue weighted by Crippen LogP contribution is -2.52. The molecule has 0 unspecified atom stereocenters. The van der Waals surface area contributed by atoms with E-state index in [-0.39, 0.29) is 36.3 Å². The van der Waals surface area contributed by atoms with Gasteiger partial charge in [0.05, 0.1) is 5.69 Å². The quantitative estimate of drug-likeness (QED) is 0.376. The molecule has 3 rings (SSSR count). The van der Waals surface area contributed by atoms with Crippen molar-refractivity contribution in [3.63, 3.8) is 0 Å². The Morgan fingerprint density at radius 1 is 1.33 bits per heavy atom. The van der Waals surface area contributed by atoms with E-state index < -0.39 is 6.55 Å². The highest BCUT2D eigenvalue weighted by molar-refractivity contribution is 14.0. The zero-order valence-corrected chi connectivity index (χ0v) is 17.4. The number of aromatic nitrogens is 3. The van der Waals surface area contributed by atoms with Crippen molar-refractivity contribution in [1.29, 1.82) is 0 Å². The van der Waals surface area contributed by atoms with Crippen molar-refractivity contribution in [3.05, 3.63) is 36.2 Å². The van der Waals surface area contributed by atoms with Gasteiger partial charge < -0.3 is 14.7 Å². The fourth-order valence-electron chi connectivity index (χ4n) is 2.88. The third kappa shape index (κ3) is 5.86. The third-order valence-electron chi connectivity index (χ3n) is 4.21. The van der Waals surface area contributed by atoms with Crippen LogP contribution in [0, 0.1) is 0 Å². The number of aliphatic imine (C=N–C) groups is 1. The molecule has 2 aromatic rings. The molecule has 1 saturated heterocycles. The second-order valence-corrected chi connectivity index (χ2v) is 5.95. The van der Waals surface area contributed by atoms with Crippen LogP contribution in [0.5, 0.6) is 0 Å². The Morgan fingerprint density at radius 3 is 2.74 bits per heavy atom. The first-order chi connectivity index (χ1) is 12.7. The Bertz CT molecular complexity index is 699. The summed E-state index contributed by atoms with van der Waals surface area (Å²) in [4.78, 5) is 12.9. The highest BCUT2D eigenvalue weighted by Gasteiger charge is 2.20. The Kier molecular flexibility index (Phi) is 8.41. The molecular weight excluding hydrogens is 471 g/mol. The topological polar surface area (TPSA) is 74.7 Å². The summed E-state index contributed by atoms with van der Waals surface area (Å²) in [6, 6.07) is 1.86. The molecule has 1 aliphatic rings. The summed E-state index contributed by atoms with van der Waals surface area (Å²) >= 11 is 0. The highest BCUT2D eigenvalue weighted by Crippen LogP contribution is 2.13. The number of hydrogen-bond donors (Lipinski definition) is 1. The summed E-state index contributed by atoms with van der Waals surface area (Å²) in [6.45, 7) is 4.28. The smallest absolute Gasteiger partial charge is 0.319 e. The van der Waals surface area contributed by atoms with E-state index in [1.165, 1.54) is 12.4 Å². The van der Waals surface area contributed by atoms with E-state index in [2.05, 4.69) is 30.2 Å². The first kappa shape index (κ1) is 21.5. The van der Waals surface area contributed by atoms with Crippen molar-refractivity contribution < 1.29 is 13.3 Å². The van der Waals surface area contributed by atoms with Crippen LogP contribution < -0.4 is 5.32 Å². The third-order valence-corrected chi connectivity index (χ3v) is 4.21. The summed E-state index contributed by atoms with van der Waals surface area (Å²) in [5, 5.41) is 7.17. The minimum absolute atomic E-state index is 0. The Labute approximate surface area is 173 Å². The molecule has 0 amide bonds. The lowest BCUT2D eigenvalue weighted by atomic mass is 10.3. The van der Waals surface area contributed by atoms with Crippen molar-refractivity contribution in [2.45, 2.75) is 26.6 Å². The van der Waals surface area contributed by atoms with Crippen LogP contribution >= 0.6 is 24.0 Å². The molecule has 150 valence electrons. The first-order valence-corrected chi connectivity index (χ1v) is 8.62. The standard InChI is InChI=1S/C16H23F2N7O.HI/c1-2-19-16(21-11-14-20-4-5-25(14)15(17)18)24-8-6-23(7-9-24)12-13-3-10-26-22-13;/h3-5,10,15H,2,6-9,11-12H2,1H3,(H,19,21);1H. The molecule has 0 radical (unpaired) electrons. The van der Waals surface area contributed by atoms with Crippen LogP contribution in [-0.4, -0.2) is 63.2 Å². The van der Waals surface area contributed by atoms with Crippen LogP contribution in [-0.2, 0) is 13.1 Å². The fourth-order valence-corrected chi connectivity index (χ4v) is 2.88. The number of nitrogens with one attached hydrogen (secondary N) is 1. The molecule has 27 heavy (non-hydrogen) atoms. The Balaban J connectivity index is 0.00000261. The summed E-state index contributed by atoms with van der Waals surface area (Å²) < 4.78 is 31.5. The van der Waals surface area contributed by atoms with Gasteiger partial charge >= 0.3 is 6.55 Å². The van der Waals surface area contributed by atoms with Gasteiger partial charge in [0, 0.05) is 57.7 Å². The van der Waals surface area contributed by atoms with Gasteiger partial charge in [-0.2, -0.15) is 8.78 Å². The molecule has 0 saturated carbocycles. The lowest BCUT2D eigenvalue weighted by molar-refractivity contribution is 0.0670. The summed E-state index contributed by atoms with van der Waals surface area (Å²) in [6.07, 6.45) is 4.21. The van der Waals surface area contributed by atoms with E-state index in [0.717, 1.165) is 48.9 Å². The minimum atomic E-state index is -2.61. The number of rotatable bonds is 6. The number of piperazine rings is 1. The van der Waals surface area contributed by atoms with E-state index in [4.69, 9.17) is 4.52 Å². The van der Waals surface area contributed by atoms with Crippen molar-refractivity contribution in [3.8, 4) is 0 Å². The normalized spacial score (nSPS) is 15.9. The van der Waals surface area contributed by atoms with Crippen LogP contribution in [0.4, 0.5) is 8.78 Å². The monoisotopic (exact) mass is 495 g/mol. The molecule has 0 bridgehead atoms. The second kappa shape index (κ2) is 10.5. The molecule has 1 N–H and O–H groups in total. The Hall–Kier alpha value is -1.76. The van der Waals surface area contributed by atoms with E-state index in [0.29, 0.717) is 6.54 Å². The second-order valence-electron chi connectivity index (χ2n) is 5.95. The van der Waals surface area contributed by atoms with Gasteiger partial charge in [-0.05, 0) is 6.92 Å². The summed E-state index contributed by atoms with van der Waals surface area (Å²) in [7, 11) is 0. The van der Waals surface area contributed by atoms with Crippen molar-refractivity contribution in [2.24, 2.45) is 4.99 Å². The van der Waals surface area contributed by atoms with Crippen LogP contribution in [0.15, 0.2) is 34.2 Å². The number of guanidine groups is 1.